The molecule has 152 valence electrons. The van der Waals surface area contributed by atoms with E-state index in [0.717, 1.165) is 25.7 Å². The number of carbonyl (C=O) groups is 1. The van der Waals surface area contributed by atoms with Gasteiger partial charge in [0.25, 0.3) is 0 Å². The Hall–Kier alpha value is -1.64. The van der Waals surface area contributed by atoms with Crippen LogP contribution in [0.5, 0.6) is 5.75 Å². The number of amides is 1. The second-order valence-electron chi connectivity index (χ2n) is 7.47. The Morgan fingerprint density at radius 3 is 2.48 bits per heavy atom. The normalized spacial score (nSPS) is 16.1. The first-order valence-corrected chi connectivity index (χ1v) is 10.9. The van der Waals surface area contributed by atoms with Gasteiger partial charge >= 0.3 is 0 Å². The molecule has 7 nitrogen and oxygen atoms in total. The molecule has 8 heteroatoms. The van der Waals surface area contributed by atoms with E-state index in [2.05, 4.69) is 10.6 Å². The molecule has 1 saturated heterocycles. The van der Waals surface area contributed by atoms with Crippen LogP contribution < -0.4 is 15.4 Å². The topological polar surface area (TPSA) is 87.7 Å². The molecule has 0 aromatic heterocycles. The Bertz CT molecular complexity index is 756. The summed E-state index contributed by atoms with van der Waals surface area (Å²) in [6, 6.07) is 4.58. The largest absolute Gasteiger partial charge is 0.495 e. The van der Waals surface area contributed by atoms with E-state index in [1.807, 2.05) is 20.8 Å². The van der Waals surface area contributed by atoms with Gasteiger partial charge in [0.2, 0.25) is 15.9 Å². The van der Waals surface area contributed by atoms with Crippen LogP contribution in [0, 0.1) is 0 Å². The van der Waals surface area contributed by atoms with Crippen molar-refractivity contribution in [2.45, 2.75) is 56.9 Å². The Kier molecular flexibility index (Phi) is 7.25. The summed E-state index contributed by atoms with van der Waals surface area (Å²) >= 11 is 0. The molecular formula is C19H31N3O4S. The fourth-order valence-corrected chi connectivity index (χ4v) is 4.38. The lowest BCUT2D eigenvalue weighted by molar-refractivity contribution is -0.115. The number of carbonyl (C=O) groups excluding carboxylic acids is 1. The van der Waals surface area contributed by atoms with Gasteiger partial charge in [-0.3, -0.25) is 4.79 Å². The van der Waals surface area contributed by atoms with Crippen LogP contribution >= 0.6 is 0 Å². The number of rotatable bonds is 8. The van der Waals surface area contributed by atoms with E-state index < -0.39 is 10.0 Å². The Labute approximate surface area is 162 Å². The molecule has 0 spiro atoms. The van der Waals surface area contributed by atoms with E-state index >= 15 is 0 Å². The minimum Gasteiger partial charge on any atom is -0.495 e. The Balaban J connectivity index is 2.18. The molecule has 1 aliphatic rings. The third kappa shape index (κ3) is 5.67. The molecule has 1 fully saturated rings. The maximum atomic E-state index is 12.9. The number of ether oxygens (including phenoxy) is 1. The fraction of sp³-hybridized carbons (Fsp3) is 0.632. The van der Waals surface area contributed by atoms with Gasteiger partial charge in [0.05, 0.1) is 24.2 Å². The number of nitrogens with zero attached hydrogens (tertiary/aromatic N) is 1. The molecule has 2 N–H and O–H groups in total. The average molecular weight is 398 g/mol. The highest BCUT2D eigenvalue weighted by molar-refractivity contribution is 7.89. The average Bonchev–Trinajstić information content (AvgIpc) is 2.67. The van der Waals surface area contributed by atoms with Crippen molar-refractivity contribution in [2.75, 3.05) is 32.1 Å². The summed E-state index contributed by atoms with van der Waals surface area (Å²) in [5.74, 6) is 0.179. The molecule has 0 unspecified atom stereocenters. The molecule has 2 rings (SSSR count). The van der Waals surface area contributed by atoms with Gasteiger partial charge in [0.1, 0.15) is 5.75 Å². The Morgan fingerprint density at radius 2 is 1.89 bits per heavy atom. The maximum Gasteiger partial charge on any atom is 0.243 e. The van der Waals surface area contributed by atoms with Crippen molar-refractivity contribution in [3.8, 4) is 5.75 Å². The highest BCUT2D eigenvalue weighted by Gasteiger charge is 2.27. The smallest absolute Gasteiger partial charge is 0.243 e. The van der Waals surface area contributed by atoms with E-state index in [1.165, 1.54) is 23.5 Å². The first-order valence-electron chi connectivity index (χ1n) is 9.42. The van der Waals surface area contributed by atoms with Crippen molar-refractivity contribution in [2.24, 2.45) is 0 Å². The fourth-order valence-electron chi connectivity index (χ4n) is 2.84. The molecule has 1 aliphatic heterocycles. The van der Waals surface area contributed by atoms with Crippen LogP contribution in [0.15, 0.2) is 23.1 Å². The third-order valence-electron chi connectivity index (χ3n) is 5.01. The number of nitrogens with one attached hydrogen (secondary N) is 2. The summed E-state index contributed by atoms with van der Waals surface area (Å²) in [6.45, 7) is 7.29. The molecule has 0 aliphatic carbocycles. The predicted octanol–water partition coefficient (Wildman–Crippen LogP) is 2.59. The van der Waals surface area contributed by atoms with Crippen molar-refractivity contribution in [3.63, 3.8) is 0 Å². The molecule has 1 aromatic carbocycles. The number of methoxy groups -OCH3 is 1. The van der Waals surface area contributed by atoms with E-state index in [9.17, 15) is 13.2 Å². The molecule has 1 amide bonds. The SMILES string of the molecule is CCC(C)(C)NCC(=O)Nc1cc(S(=O)(=O)N2CCCCC2)ccc1OC. The molecular weight excluding hydrogens is 366 g/mol. The lowest BCUT2D eigenvalue weighted by Crippen LogP contribution is -2.43. The van der Waals surface area contributed by atoms with Gasteiger partial charge in [0.15, 0.2) is 0 Å². The van der Waals surface area contributed by atoms with Crippen LogP contribution in [0.3, 0.4) is 0 Å². The highest BCUT2D eigenvalue weighted by atomic mass is 32.2. The monoisotopic (exact) mass is 397 g/mol. The Morgan fingerprint density at radius 1 is 1.22 bits per heavy atom. The van der Waals surface area contributed by atoms with Crippen LogP contribution in [0.1, 0.15) is 46.5 Å². The van der Waals surface area contributed by atoms with Gasteiger partial charge in [-0.1, -0.05) is 13.3 Å². The van der Waals surface area contributed by atoms with Gasteiger partial charge < -0.3 is 15.4 Å². The van der Waals surface area contributed by atoms with Crippen molar-refractivity contribution < 1.29 is 17.9 Å². The number of anilines is 1. The lowest BCUT2D eigenvalue weighted by atomic mass is 10.0. The summed E-state index contributed by atoms with van der Waals surface area (Å²) in [7, 11) is -2.09. The van der Waals surface area contributed by atoms with Crippen molar-refractivity contribution in [1.82, 2.24) is 9.62 Å². The van der Waals surface area contributed by atoms with Gasteiger partial charge in [-0.15, -0.1) is 0 Å². The third-order valence-corrected chi connectivity index (χ3v) is 6.90. The molecule has 1 heterocycles. The zero-order valence-corrected chi connectivity index (χ0v) is 17.5. The van der Waals surface area contributed by atoms with E-state index in [4.69, 9.17) is 4.74 Å². The lowest BCUT2D eigenvalue weighted by Gasteiger charge is -2.26. The quantitative estimate of drug-likeness (QED) is 0.704. The summed E-state index contributed by atoms with van der Waals surface area (Å²) in [4.78, 5) is 12.5. The summed E-state index contributed by atoms with van der Waals surface area (Å²) in [6.07, 6.45) is 3.68. The first kappa shape index (κ1) is 21.7. The standard InChI is InChI=1S/C19H31N3O4S/c1-5-19(2,3)20-14-18(23)21-16-13-15(9-10-17(16)26-4)27(24,25)22-11-7-6-8-12-22/h9-10,13,20H,5-8,11-12,14H2,1-4H3,(H,21,23). The molecule has 0 atom stereocenters. The van der Waals surface area contributed by atoms with E-state index in [1.54, 1.807) is 6.07 Å². The number of hydrogen-bond donors (Lipinski definition) is 2. The second kappa shape index (κ2) is 9.03. The van der Waals surface area contributed by atoms with Crippen LogP contribution in [-0.2, 0) is 14.8 Å². The minimum absolute atomic E-state index is 0.132. The van der Waals surface area contributed by atoms with Crippen molar-refractivity contribution in [3.05, 3.63) is 18.2 Å². The number of hydrogen-bond acceptors (Lipinski definition) is 5. The molecule has 0 saturated carbocycles. The van der Waals surface area contributed by atoms with Gasteiger partial charge in [0, 0.05) is 18.6 Å². The van der Waals surface area contributed by atoms with Gasteiger partial charge in [-0.25, -0.2) is 8.42 Å². The van der Waals surface area contributed by atoms with Gasteiger partial charge in [-0.2, -0.15) is 4.31 Å². The summed E-state index contributed by atoms with van der Waals surface area (Å²) in [5.41, 5.74) is 0.206. The highest BCUT2D eigenvalue weighted by Crippen LogP contribution is 2.30. The summed E-state index contributed by atoms with van der Waals surface area (Å²) in [5, 5.41) is 5.95. The second-order valence-corrected chi connectivity index (χ2v) is 9.40. The van der Waals surface area contributed by atoms with Crippen LogP contribution in [0.4, 0.5) is 5.69 Å². The van der Waals surface area contributed by atoms with Crippen molar-refractivity contribution in [1.29, 1.82) is 0 Å². The summed E-state index contributed by atoms with van der Waals surface area (Å²) < 4.78 is 32.6. The molecule has 1 aromatic rings. The van der Waals surface area contributed by atoms with Crippen LogP contribution in [0.2, 0.25) is 0 Å². The molecule has 27 heavy (non-hydrogen) atoms. The number of benzene rings is 1. The minimum atomic E-state index is -3.57. The zero-order chi connectivity index (χ0) is 20.1. The molecule has 0 bridgehead atoms. The molecule has 0 radical (unpaired) electrons. The van der Waals surface area contributed by atoms with Crippen LogP contribution in [-0.4, -0.2) is 50.9 Å². The number of piperidine rings is 1. The van der Waals surface area contributed by atoms with Crippen LogP contribution in [0.25, 0.3) is 0 Å². The van der Waals surface area contributed by atoms with Gasteiger partial charge in [-0.05, 0) is 51.3 Å². The van der Waals surface area contributed by atoms with Crippen molar-refractivity contribution >= 4 is 21.6 Å². The van der Waals surface area contributed by atoms with E-state index in [0.29, 0.717) is 24.5 Å². The zero-order valence-electron chi connectivity index (χ0n) is 16.7. The number of sulfonamides is 1. The first-order chi connectivity index (χ1) is 12.7. The maximum absolute atomic E-state index is 12.9. The predicted molar refractivity (Wildman–Crippen MR) is 107 cm³/mol. The van der Waals surface area contributed by atoms with E-state index in [-0.39, 0.29) is 22.9 Å².